The van der Waals surface area contributed by atoms with Crippen LogP contribution >= 0.6 is 0 Å². The lowest BCUT2D eigenvalue weighted by Crippen LogP contribution is -2.61. The van der Waals surface area contributed by atoms with Crippen molar-refractivity contribution in [2.24, 2.45) is 0 Å². The maximum absolute atomic E-state index is 2.71. The first-order valence-electron chi connectivity index (χ1n) is 27.4. The van der Waals surface area contributed by atoms with Crippen LogP contribution in [0.25, 0.3) is 11.1 Å². The predicted molar refractivity (Wildman–Crippen MR) is 317 cm³/mol. The topological polar surface area (TPSA) is 9.72 Å². The fraction of sp³-hybridized carbons (Fsp3) is 0.314. The lowest BCUT2D eigenvalue weighted by Gasteiger charge is -2.46. The van der Waals surface area contributed by atoms with Gasteiger partial charge < -0.3 is 14.7 Å². The van der Waals surface area contributed by atoms with Gasteiger partial charge in [0.15, 0.2) is 0 Å². The first kappa shape index (κ1) is 47.0. The minimum absolute atomic E-state index is 0.00335. The van der Waals surface area contributed by atoms with Gasteiger partial charge >= 0.3 is 0 Å². The molecular formula is C70H72BN3. The molecule has 0 fully saturated rings. The van der Waals surface area contributed by atoms with Crippen molar-refractivity contribution in [1.82, 2.24) is 0 Å². The molecule has 370 valence electrons. The summed E-state index contributed by atoms with van der Waals surface area (Å²) in [7, 11) is 0. The fourth-order valence-electron chi connectivity index (χ4n) is 16.0. The zero-order valence-electron chi connectivity index (χ0n) is 46.1. The van der Waals surface area contributed by atoms with Gasteiger partial charge in [-0.15, -0.1) is 0 Å². The highest BCUT2D eigenvalue weighted by atomic mass is 15.2. The van der Waals surface area contributed by atoms with Crippen molar-refractivity contribution < 1.29 is 0 Å². The van der Waals surface area contributed by atoms with E-state index in [1.165, 1.54) is 101 Å². The molecule has 3 nitrogen and oxygen atoms in total. The molecular weight excluding hydrogens is 894 g/mol. The summed E-state index contributed by atoms with van der Waals surface area (Å²) >= 11 is 0. The van der Waals surface area contributed by atoms with E-state index >= 15 is 0 Å². The average Bonchev–Trinajstić information content (AvgIpc) is 3.79. The monoisotopic (exact) mass is 966 g/mol. The average molecular weight is 966 g/mol. The molecule has 0 saturated heterocycles. The van der Waals surface area contributed by atoms with E-state index in [-0.39, 0.29) is 39.2 Å². The number of aryl methyl sites for hydroxylation is 1. The summed E-state index contributed by atoms with van der Waals surface area (Å²) in [4.78, 5) is 7.87. The minimum Gasteiger partial charge on any atom is -0.311 e. The third kappa shape index (κ3) is 6.92. The number of anilines is 9. The Morgan fingerprint density at radius 1 is 0.351 bits per heavy atom. The Morgan fingerprint density at radius 2 is 0.811 bits per heavy atom. The molecule has 0 spiro atoms. The number of fused-ring (bicyclic) bond motifs is 7. The first-order chi connectivity index (χ1) is 35.0. The Bertz CT molecular complexity index is 3580. The molecule has 2 aliphatic heterocycles. The molecule has 2 heterocycles. The highest BCUT2D eigenvalue weighted by Gasteiger charge is 2.50. The van der Waals surface area contributed by atoms with E-state index in [1.54, 1.807) is 0 Å². The molecule has 3 aliphatic carbocycles. The maximum atomic E-state index is 2.71. The quantitative estimate of drug-likeness (QED) is 0.154. The van der Waals surface area contributed by atoms with Gasteiger partial charge in [0.05, 0.1) is 5.69 Å². The zero-order chi connectivity index (χ0) is 51.6. The summed E-state index contributed by atoms with van der Waals surface area (Å²) in [5, 5.41) is 0. The van der Waals surface area contributed by atoms with Crippen molar-refractivity contribution in [2.45, 2.75) is 142 Å². The summed E-state index contributed by atoms with van der Waals surface area (Å²) in [6.45, 7) is 31.8. The molecule has 74 heavy (non-hydrogen) atoms. The summed E-state index contributed by atoms with van der Waals surface area (Å²) in [5.74, 6) is 0. The van der Waals surface area contributed by atoms with Gasteiger partial charge in [0, 0.05) is 45.5 Å². The molecule has 8 aromatic rings. The summed E-state index contributed by atoms with van der Waals surface area (Å²) in [5.41, 5.74) is 27.8. The molecule has 8 aromatic carbocycles. The molecule has 0 saturated carbocycles. The number of benzene rings is 8. The molecule has 0 N–H and O–H groups in total. The molecule has 0 radical (unpaired) electrons. The van der Waals surface area contributed by atoms with Crippen molar-refractivity contribution in [3.63, 3.8) is 0 Å². The predicted octanol–water partition coefficient (Wildman–Crippen LogP) is 17.1. The molecule has 0 atom stereocenters. The summed E-state index contributed by atoms with van der Waals surface area (Å²) < 4.78 is 0. The maximum Gasteiger partial charge on any atom is 0.252 e. The second-order valence-electron chi connectivity index (χ2n) is 26.9. The lowest BCUT2D eigenvalue weighted by molar-refractivity contribution is 0.402. The highest BCUT2D eigenvalue weighted by Crippen LogP contribution is 2.57. The van der Waals surface area contributed by atoms with Crippen LogP contribution in [0.1, 0.15) is 141 Å². The number of para-hydroxylation sites is 2. The Balaban J connectivity index is 1.19. The largest absolute Gasteiger partial charge is 0.311 e. The Morgan fingerprint density at radius 3 is 1.38 bits per heavy atom. The van der Waals surface area contributed by atoms with Crippen LogP contribution in [-0.2, 0) is 32.5 Å². The van der Waals surface area contributed by atoms with Crippen LogP contribution in [0.4, 0.5) is 51.2 Å². The third-order valence-electron chi connectivity index (χ3n) is 18.4. The lowest BCUT2D eigenvalue weighted by atomic mass is 9.33. The highest BCUT2D eigenvalue weighted by molar-refractivity contribution is 7.00. The fourth-order valence-corrected chi connectivity index (χ4v) is 16.0. The molecule has 13 rings (SSSR count). The SMILES string of the molecule is Cc1cc2c(cc1N1c3ccc(-c4ccccc4)cc3B3c4cc5c(cc4N(c4ccc6c(c4)C(C)(C)CC6(C)C)c4cc(N(c6ccccc6)c6ccccc6)cc1c43)C(C)(C)CC5(C)C)C(C)(C)CC2(C)C. The van der Waals surface area contributed by atoms with Crippen LogP contribution in [0.15, 0.2) is 164 Å². The second-order valence-corrected chi connectivity index (χ2v) is 26.9. The van der Waals surface area contributed by atoms with Crippen molar-refractivity contribution in [3.8, 4) is 11.1 Å². The molecule has 4 heteroatoms. The van der Waals surface area contributed by atoms with Gasteiger partial charge in [0.1, 0.15) is 0 Å². The Kier molecular flexibility index (Phi) is 9.93. The van der Waals surface area contributed by atoms with Gasteiger partial charge in [-0.2, -0.15) is 0 Å². The molecule has 0 unspecified atom stereocenters. The standard InChI is InChI=1S/C70H72BN3/c1-44-33-52-55(69(10,11)42-66(52,4)5)39-60(44)74-59-32-29-46(45-23-17-14-18-24-45)34-57(59)71-58-38-54-56(70(12,13)43-68(54,8)9)40-61(58)73(49-30-31-51-53(35-49)67(6,7)41-65(51,2)3)62-36-50(37-63(74)64(62)71)72(47-25-19-15-20-26-47)48-27-21-16-22-28-48/h14-40H,41-43H2,1-13H3. The van der Waals surface area contributed by atoms with Crippen LogP contribution in [0.2, 0.25) is 0 Å². The molecule has 0 aromatic heterocycles. The van der Waals surface area contributed by atoms with Gasteiger partial charge in [-0.1, -0.05) is 180 Å². The van der Waals surface area contributed by atoms with E-state index in [0.29, 0.717) is 0 Å². The second kappa shape index (κ2) is 15.6. The van der Waals surface area contributed by atoms with Gasteiger partial charge in [-0.25, -0.2) is 0 Å². The van der Waals surface area contributed by atoms with Crippen LogP contribution in [-0.4, -0.2) is 6.71 Å². The van der Waals surface area contributed by atoms with E-state index in [9.17, 15) is 0 Å². The van der Waals surface area contributed by atoms with Crippen molar-refractivity contribution in [3.05, 3.63) is 203 Å². The van der Waals surface area contributed by atoms with Crippen LogP contribution in [0.3, 0.4) is 0 Å². The van der Waals surface area contributed by atoms with E-state index in [2.05, 4.69) is 269 Å². The molecule has 0 bridgehead atoms. The number of hydrogen-bond acceptors (Lipinski definition) is 3. The smallest absolute Gasteiger partial charge is 0.252 e. The minimum atomic E-state index is -0.0446. The van der Waals surface area contributed by atoms with E-state index in [0.717, 1.165) is 36.3 Å². The van der Waals surface area contributed by atoms with Crippen molar-refractivity contribution in [2.75, 3.05) is 14.7 Å². The van der Waals surface area contributed by atoms with E-state index < -0.39 is 0 Å². The Labute approximate surface area is 442 Å². The van der Waals surface area contributed by atoms with E-state index in [1.807, 2.05) is 0 Å². The van der Waals surface area contributed by atoms with Crippen LogP contribution in [0, 0.1) is 6.92 Å². The molecule has 0 amide bonds. The third-order valence-corrected chi connectivity index (χ3v) is 18.4. The van der Waals surface area contributed by atoms with Crippen LogP contribution < -0.4 is 31.1 Å². The Hall–Kier alpha value is -6.78. The van der Waals surface area contributed by atoms with Gasteiger partial charge in [-0.3, -0.25) is 0 Å². The van der Waals surface area contributed by atoms with Crippen molar-refractivity contribution in [1.29, 1.82) is 0 Å². The van der Waals surface area contributed by atoms with Crippen LogP contribution in [0.5, 0.6) is 0 Å². The van der Waals surface area contributed by atoms with Gasteiger partial charge in [0.2, 0.25) is 0 Å². The van der Waals surface area contributed by atoms with Gasteiger partial charge in [-0.05, 0) is 192 Å². The summed E-state index contributed by atoms with van der Waals surface area (Å²) in [6, 6.07) is 63.5. The number of rotatable bonds is 6. The zero-order valence-corrected chi connectivity index (χ0v) is 46.1. The normalized spacial score (nSPS) is 19.0. The van der Waals surface area contributed by atoms with Gasteiger partial charge in [0.25, 0.3) is 6.71 Å². The number of hydrogen-bond donors (Lipinski definition) is 0. The van der Waals surface area contributed by atoms with Crippen molar-refractivity contribution >= 4 is 74.3 Å². The van der Waals surface area contributed by atoms with E-state index in [4.69, 9.17) is 0 Å². The summed E-state index contributed by atoms with van der Waals surface area (Å²) in [6.07, 6.45) is 3.33. The molecule has 5 aliphatic rings. The number of nitrogens with zero attached hydrogens (tertiary/aromatic N) is 3. The first-order valence-corrected chi connectivity index (χ1v) is 27.4.